The third-order valence-corrected chi connectivity index (χ3v) is 2.59. The number of hydrogen-bond acceptors (Lipinski definition) is 1. The zero-order valence-corrected chi connectivity index (χ0v) is 9.16. The second-order valence-electron chi connectivity index (χ2n) is 3.51. The van der Waals surface area contributed by atoms with E-state index < -0.39 is 6.10 Å². The Morgan fingerprint density at radius 2 is 1.69 bits per heavy atom. The summed E-state index contributed by atoms with van der Waals surface area (Å²) in [4.78, 5) is 0. The lowest BCUT2D eigenvalue weighted by molar-refractivity contribution is 0.220. The largest absolute Gasteiger partial charge is 0.384 e. The molecule has 0 radical (unpaired) electrons. The molecule has 2 rings (SSSR count). The molecule has 0 heterocycles. The minimum absolute atomic E-state index is 0.318. The van der Waals surface area contributed by atoms with Gasteiger partial charge in [0.25, 0.3) is 0 Å². The molecule has 1 N–H and O–H groups in total. The van der Waals surface area contributed by atoms with Crippen molar-refractivity contribution in [2.75, 3.05) is 0 Å². The molecule has 2 aromatic carbocycles. The molecule has 0 saturated carbocycles. The molecule has 82 valence electrons. The number of aliphatic hydroxyl groups is 1. The fourth-order valence-electron chi connectivity index (χ4n) is 1.51. The Balaban J connectivity index is 2.31. The summed E-state index contributed by atoms with van der Waals surface area (Å²) in [6.07, 6.45) is -0.778. The Hall–Kier alpha value is -1.38. The van der Waals surface area contributed by atoms with Crippen molar-refractivity contribution in [1.82, 2.24) is 0 Å². The highest BCUT2D eigenvalue weighted by atomic mass is 35.5. The molecular formula is C13H10ClFO. The zero-order valence-electron chi connectivity index (χ0n) is 8.40. The molecule has 0 bridgehead atoms. The minimum atomic E-state index is -0.778. The number of hydrogen-bond donors (Lipinski definition) is 1. The maximum atomic E-state index is 12.7. The fraction of sp³-hybridized carbons (Fsp3) is 0.0769. The van der Waals surface area contributed by atoms with Crippen LogP contribution in [0.2, 0.25) is 5.02 Å². The molecule has 3 heteroatoms. The van der Waals surface area contributed by atoms with E-state index in [4.69, 9.17) is 11.6 Å². The summed E-state index contributed by atoms with van der Waals surface area (Å²) in [5.41, 5.74) is 1.34. The van der Waals surface area contributed by atoms with Crippen LogP contribution >= 0.6 is 11.6 Å². The van der Waals surface area contributed by atoms with Gasteiger partial charge in [0.05, 0.1) is 0 Å². The van der Waals surface area contributed by atoms with Crippen LogP contribution in [-0.2, 0) is 0 Å². The average molecular weight is 237 g/mol. The first-order valence-electron chi connectivity index (χ1n) is 4.86. The third kappa shape index (κ3) is 2.40. The smallest absolute Gasteiger partial charge is 0.123 e. The lowest BCUT2D eigenvalue weighted by Gasteiger charge is -2.11. The molecule has 1 atom stereocenters. The Bertz CT molecular complexity index is 482. The summed E-state index contributed by atoms with van der Waals surface area (Å²) in [5.74, 6) is -0.318. The van der Waals surface area contributed by atoms with Gasteiger partial charge in [-0.25, -0.2) is 4.39 Å². The Labute approximate surface area is 98.1 Å². The maximum absolute atomic E-state index is 12.7. The Morgan fingerprint density at radius 3 is 2.31 bits per heavy atom. The standard InChI is InChI=1S/C13H10ClFO/c14-11-3-1-2-10(8-11)13(16)9-4-6-12(15)7-5-9/h1-8,13,16H/t13-/m0/s1. The first kappa shape index (κ1) is 11.1. The molecule has 0 saturated heterocycles. The SMILES string of the molecule is O[C@@H](c1ccc(F)cc1)c1cccc(Cl)c1. The number of benzene rings is 2. The van der Waals surface area contributed by atoms with Crippen molar-refractivity contribution in [3.05, 3.63) is 70.5 Å². The van der Waals surface area contributed by atoms with Crippen LogP contribution in [0.4, 0.5) is 4.39 Å². The van der Waals surface area contributed by atoms with Crippen LogP contribution in [0.15, 0.2) is 48.5 Å². The van der Waals surface area contributed by atoms with Crippen LogP contribution < -0.4 is 0 Å². The van der Waals surface area contributed by atoms with Crippen molar-refractivity contribution in [3.63, 3.8) is 0 Å². The van der Waals surface area contributed by atoms with Gasteiger partial charge in [-0.1, -0.05) is 35.9 Å². The molecule has 0 aromatic heterocycles. The van der Waals surface area contributed by atoms with Gasteiger partial charge in [0.15, 0.2) is 0 Å². The molecule has 0 amide bonds. The van der Waals surface area contributed by atoms with Crippen molar-refractivity contribution in [2.24, 2.45) is 0 Å². The predicted octanol–water partition coefficient (Wildman–Crippen LogP) is 3.56. The van der Waals surface area contributed by atoms with E-state index >= 15 is 0 Å². The van der Waals surface area contributed by atoms with Crippen molar-refractivity contribution >= 4 is 11.6 Å². The van der Waals surface area contributed by atoms with E-state index in [0.29, 0.717) is 16.1 Å². The van der Waals surface area contributed by atoms with Crippen LogP contribution in [0.5, 0.6) is 0 Å². The summed E-state index contributed by atoms with van der Waals surface area (Å²) in [7, 11) is 0. The lowest BCUT2D eigenvalue weighted by Crippen LogP contribution is -1.99. The molecule has 0 fully saturated rings. The number of aliphatic hydroxyl groups excluding tert-OH is 1. The van der Waals surface area contributed by atoms with Crippen LogP contribution in [0.3, 0.4) is 0 Å². The average Bonchev–Trinajstić information content (AvgIpc) is 2.29. The van der Waals surface area contributed by atoms with Gasteiger partial charge in [-0.2, -0.15) is 0 Å². The first-order valence-corrected chi connectivity index (χ1v) is 5.23. The fourth-order valence-corrected chi connectivity index (χ4v) is 1.71. The molecule has 16 heavy (non-hydrogen) atoms. The minimum Gasteiger partial charge on any atom is -0.384 e. The molecule has 0 aliphatic rings. The Morgan fingerprint density at radius 1 is 1.00 bits per heavy atom. The quantitative estimate of drug-likeness (QED) is 0.845. The topological polar surface area (TPSA) is 20.2 Å². The zero-order chi connectivity index (χ0) is 11.5. The first-order chi connectivity index (χ1) is 7.66. The molecule has 0 unspecified atom stereocenters. The van der Waals surface area contributed by atoms with Crippen molar-refractivity contribution in [2.45, 2.75) is 6.10 Å². The summed E-state index contributed by atoms with van der Waals surface area (Å²) in [6.45, 7) is 0. The summed E-state index contributed by atoms with van der Waals surface area (Å²) in [6, 6.07) is 12.7. The molecule has 0 aliphatic carbocycles. The predicted molar refractivity (Wildman–Crippen MR) is 61.9 cm³/mol. The molecule has 2 aromatic rings. The normalized spacial score (nSPS) is 12.4. The summed E-state index contributed by atoms with van der Waals surface area (Å²) < 4.78 is 12.7. The van der Waals surface area contributed by atoms with Gasteiger partial charge >= 0.3 is 0 Å². The van der Waals surface area contributed by atoms with E-state index in [0.717, 1.165) is 0 Å². The third-order valence-electron chi connectivity index (χ3n) is 2.35. The summed E-state index contributed by atoms with van der Waals surface area (Å²) >= 11 is 5.83. The van der Waals surface area contributed by atoms with Crippen LogP contribution in [0, 0.1) is 5.82 Å². The van der Waals surface area contributed by atoms with Gasteiger partial charge in [-0.3, -0.25) is 0 Å². The van der Waals surface area contributed by atoms with Gasteiger partial charge in [-0.15, -0.1) is 0 Å². The number of rotatable bonds is 2. The van der Waals surface area contributed by atoms with Crippen molar-refractivity contribution in [3.8, 4) is 0 Å². The molecular weight excluding hydrogens is 227 g/mol. The summed E-state index contributed by atoms with van der Waals surface area (Å²) in [5, 5.41) is 10.6. The van der Waals surface area contributed by atoms with E-state index in [1.54, 1.807) is 36.4 Å². The van der Waals surface area contributed by atoms with Crippen LogP contribution in [-0.4, -0.2) is 5.11 Å². The van der Waals surface area contributed by atoms with E-state index in [2.05, 4.69) is 0 Å². The molecule has 0 spiro atoms. The van der Waals surface area contributed by atoms with Crippen molar-refractivity contribution < 1.29 is 9.50 Å². The number of halogens is 2. The van der Waals surface area contributed by atoms with Gasteiger partial charge in [0.1, 0.15) is 11.9 Å². The second-order valence-corrected chi connectivity index (χ2v) is 3.95. The highest BCUT2D eigenvalue weighted by Gasteiger charge is 2.10. The Kier molecular flexibility index (Phi) is 3.22. The van der Waals surface area contributed by atoms with E-state index in [9.17, 15) is 9.50 Å². The van der Waals surface area contributed by atoms with E-state index in [-0.39, 0.29) is 5.82 Å². The molecule has 1 nitrogen and oxygen atoms in total. The highest BCUT2D eigenvalue weighted by Crippen LogP contribution is 2.24. The van der Waals surface area contributed by atoms with Gasteiger partial charge in [0, 0.05) is 5.02 Å². The van der Waals surface area contributed by atoms with E-state index in [1.165, 1.54) is 12.1 Å². The second kappa shape index (κ2) is 4.64. The van der Waals surface area contributed by atoms with Gasteiger partial charge < -0.3 is 5.11 Å². The van der Waals surface area contributed by atoms with Crippen molar-refractivity contribution in [1.29, 1.82) is 0 Å². The lowest BCUT2D eigenvalue weighted by atomic mass is 10.0. The monoisotopic (exact) mass is 236 g/mol. The maximum Gasteiger partial charge on any atom is 0.123 e. The van der Waals surface area contributed by atoms with Gasteiger partial charge in [-0.05, 0) is 35.4 Å². The van der Waals surface area contributed by atoms with Crippen LogP contribution in [0.25, 0.3) is 0 Å². The molecule has 0 aliphatic heterocycles. The van der Waals surface area contributed by atoms with Crippen LogP contribution in [0.1, 0.15) is 17.2 Å². The highest BCUT2D eigenvalue weighted by molar-refractivity contribution is 6.30. The van der Waals surface area contributed by atoms with Gasteiger partial charge in [0.2, 0.25) is 0 Å². The van der Waals surface area contributed by atoms with E-state index in [1.807, 2.05) is 0 Å².